The van der Waals surface area contributed by atoms with Crippen LogP contribution in [-0.2, 0) is 20.9 Å². The summed E-state index contributed by atoms with van der Waals surface area (Å²) in [6.45, 7) is 4.02. The van der Waals surface area contributed by atoms with Gasteiger partial charge in [-0.15, -0.1) is 0 Å². The van der Waals surface area contributed by atoms with E-state index in [1.807, 2.05) is 37.3 Å². The molecule has 0 bridgehead atoms. The van der Waals surface area contributed by atoms with Crippen molar-refractivity contribution in [3.8, 4) is 11.5 Å². The standard InChI is InChI=1S/C23H21Br2NO6S/c1-3-30-16-10-15(11-17-22(28)26(23(29)33-17)12-18(27)31-4-2)19(24)20(25)21(16)32-13-14-8-6-5-7-9-14/h5-11H,3-4,12-13H2,1-2H3/b17-11-. The summed E-state index contributed by atoms with van der Waals surface area (Å²) in [6, 6.07) is 11.5. The third-order valence-electron chi connectivity index (χ3n) is 4.43. The molecule has 3 rings (SSSR count). The Hall–Kier alpha value is -2.30. The number of rotatable bonds is 9. The Morgan fingerprint density at radius 2 is 1.79 bits per heavy atom. The van der Waals surface area contributed by atoms with Crippen molar-refractivity contribution < 1.29 is 28.6 Å². The van der Waals surface area contributed by atoms with Crippen molar-refractivity contribution in [3.63, 3.8) is 0 Å². The molecule has 10 heteroatoms. The molecule has 0 aromatic heterocycles. The molecule has 33 heavy (non-hydrogen) atoms. The Kier molecular flexibility index (Phi) is 8.99. The fourth-order valence-corrected chi connectivity index (χ4v) is 4.73. The van der Waals surface area contributed by atoms with Gasteiger partial charge in [-0.2, -0.15) is 0 Å². The third kappa shape index (κ3) is 6.18. The number of carbonyl (C=O) groups excluding carboxylic acids is 3. The maximum Gasteiger partial charge on any atom is 0.326 e. The Morgan fingerprint density at radius 3 is 2.45 bits per heavy atom. The summed E-state index contributed by atoms with van der Waals surface area (Å²) in [6.07, 6.45) is 1.58. The molecule has 1 aliphatic heterocycles. The second-order valence-electron chi connectivity index (χ2n) is 6.70. The first-order valence-electron chi connectivity index (χ1n) is 10.1. The minimum Gasteiger partial charge on any atom is -0.490 e. The first-order chi connectivity index (χ1) is 15.8. The normalized spacial score (nSPS) is 14.7. The Balaban J connectivity index is 1.89. The molecule has 1 aliphatic rings. The van der Waals surface area contributed by atoms with Crippen molar-refractivity contribution >= 4 is 66.8 Å². The lowest BCUT2D eigenvalue weighted by molar-refractivity contribution is -0.145. The molecule has 7 nitrogen and oxygen atoms in total. The summed E-state index contributed by atoms with van der Waals surface area (Å²) >= 11 is 7.86. The van der Waals surface area contributed by atoms with Gasteiger partial charge in [0.15, 0.2) is 11.5 Å². The number of benzene rings is 2. The fourth-order valence-electron chi connectivity index (χ4n) is 2.95. The van der Waals surface area contributed by atoms with Crippen molar-refractivity contribution in [1.29, 1.82) is 0 Å². The van der Waals surface area contributed by atoms with Gasteiger partial charge in [-0.25, -0.2) is 0 Å². The smallest absolute Gasteiger partial charge is 0.326 e. The van der Waals surface area contributed by atoms with Crippen LogP contribution in [0.25, 0.3) is 6.08 Å². The number of halogens is 2. The van der Waals surface area contributed by atoms with Gasteiger partial charge in [-0.05, 0) is 80.7 Å². The minimum absolute atomic E-state index is 0.171. The van der Waals surface area contributed by atoms with Gasteiger partial charge in [0.25, 0.3) is 11.1 Å². The van der Waals surface area contributed by atoms with Crippen LogP contribution in [0.1, 0.15) is 25.0 Å². The zero-order chi connectivity index (χ0) is 24.0. The first kappa shape index (κ1) is 25.3. The number of hydrogen-bond acceptors (Lipinski definition) is 7. The average molecular weight is 599 g/mol. The second-order valence-corrected chi connectivity index (χ2v) is 9.28. The molecule has 1 saturated heterocycles. The van der Waals surface area contributed by atoms with Gasteiger partial charge in [0.1, 0.15) is 13.2 Å². The zero-order valence-corrected chi connectivity index (χ0v) is 21.9. The van der Waals surface area contributed by atoms with E-state index in [1.54, 1.807) is 19.1 Å². The lowest BCUT2D eigenvalue weighted by Gasteiger charge is -2.16. The Labute approximate surface area is 212 Å². The van der Waals surface area contributed by atoms with Crippen molar-refractivity contribution in [2.75, 3.05) is 19.8 Å². The number of hydrogen-bond donors (Lipinski definition) is 0. The summed E-state index contributed by atoms with van der Waals surface area (Å²) < 4.78 is 17.9. The lowest BCUT2D eigenvalue weighted by atomic mass is 10.1. The van der Waals surface area contributed by atoms with E-state index in [1.165, 1.54) is 0 Å². The number of nitrogens with zero attached hydrogens (tertiary/aromatic N) is 1. The van der Waals surface area contributed by atoms with Gasteiger partial charge in [0.05, 0.1) is 22.6 Å². The van der Waals surface area contributed by atoms with Gasteiger partial charge in [-0.1, -0.05) is 30.3 Å². The molecule has 1 fully saturated rings. The number of esters is 1. The van der Waals surface area contributed by atoms with Crippen LogP contribution in [0, 0.1) is 0 Å². The molecule has 1 heterocycles. The highest BCUT2D eigenvalue weighted by molar-refractivity contribution is 9.13. The quantitative estimate of drug-likeness (QED) is 0.267. The molecule has 2 aromatic carbocycles. The number of amides is 2. The molecule has 174 valence electrons. The minimum atomic E-state index is -0.636. The van der Waals surface area contributed by atoms with E-state index in [2.05, 4.69) is 31.9 Å². The molecular formula is C23H21Br2NO6S. The highest BCUT2D eigenvalue weighted by Crippen LogP contribution is 2.45. The van der Waals surface area contributed by atoms with E-state index in [0.717, 1.165) is 22.2 Å². The second kappa shape index (κ2) is 11.7. The maximum absolute atomic E-state index is 12.7. The molecule has 0 radical (unpaired) electrons. The lowest BCUT2D eigenvalue weighted by Crippen LogP contribution is -2.34. The van der Waals surface area contributed by atoms with Crippen LogP contribution in [0.15, 0.2) is 50.2 Å². The molecule has 0 aliphatic carbocycles. The van der Waals surface area contributed by atoms with Crippen molar-refractivity contribution in [2.45, 2.75) is 20.5 Å². The first-order valence-corrected chi connectivity index (χ1v) is 12.5. The topological polar surface area (TPSA) is 82.1 Å². The molecule has 2 amide bonds. The van der Waals surface area contributed by atoms with E-state index >= 15 is 0 Å². The summed E-state index contributed by atoms with van der Waals surface area (Å²) in [5.41, 5.74) is 1.61. The van der Waals surface area contributed by atoms with Gasteiger partial charge in [0.2, 0.25) is 0 Å². The predicted molar refractivity (Wildman–Crippen MR) is 133 cm³/mol. The van der Waals surface area contributed by atoms with E-state index < -0.39 is 23.7 Å². The van der Waals surface area contributed by atoms with Crippen LogP contribution in [-0.4, -0.2) is 41.8 Å². The maximum atomic E-state index is 12.7. The van der Waals surface area contributed by atoms with E-state index in [-0.39, 0.29) is 11.5 Å². The molecule has 2 aromatic rings. The number of imide groups is 1. The highest BCUT2D eigenvalue weighted by Gasteiger charge is 2.37. The van der Waals surface area contributed by atoms with Crippen molar-refractivity contribution in [2.24, 2.45) is 0 Å². The zero-order valence-electron chi connectivity index (χ0n) is 17.9. The number of thioether (sulfide) groups is 1. The van der Waals surface area contributed by atoms with Crippen LogP contribution in [0.3, 0.4) is 0 Å². The monoisotopic (exact) mass is 597 g/mol. The molecule has 0 saturated carbocycles. The van der Waals surface area contributed by atoms with Crippen LogP contribution in [0.4, 0.5) is 4.79 Å². The largest absolute Gasteiger partial charge is 0.490 e. The summed E-state index contributed by atoms with van der Waals surface area (Å²) in [7, 11) is 0. The van der Waals surface area contributed by atoms with E-state index in [0.29, 0.717) is 39.2 Å². The predicted octanol–water partition coefficient (Wildman–Crippen LogP) is 5.79. The van der Waals surface area contributed by atoms with Crippen molar-refractivity contribution in [1.82, 2.24) is 4.90 Å². The Morgan fingerprint density at radius 1 is 1.06 bits per heavy atom. The number of ether oxygens (including phenoxy) is 3. The summed E-state index contributed by atoms with van der Waals surface area (Å²) in [5, 5.41) is -0.526. The van der Waals surface area contributed by atoms with Crippen LogP contribution >= 0.6 is 43.6 Å². The SMILES string of the molecule is CCOC(=O)CN1C(=O)S/C(=C\c2cc(OCC)c(OCc3ccccc3)c(Br)c2Br)C1=O. The molecule has 0 N–H and O–H groups in total. The third-order valence-corrected chi connectivity index (χ3v) is 7.48. The average Bonchev–Trinajstić information content (AvgIpc) is 3.05. The number of carbonyl (C=O) groups is 3. The van der Waals surface area contributed by atoms with E-state index in [9.17, 15) is 14.4 Å². The van der Waals surface area contributed by atoms with Gasteiger partial charge in [0, 0.05) is 4.47 Å². The van der Waals surface area contributed by atoms with Gasteiger partial charge >= 0.3 is 5.97 Å². The molecular weight excluding hydrogens is 578 g/mol. The summed E-state index contributed by atoms with van der Waals surface area (Å²) in [5.74, 6) is -0.187. The van der Waals surface area contributed by atoms with Crippen LogP contribution in [0.5, 0.6) is 11.5 Å². The fraction of sp³-hybridized carbons (Fsp3) is 0.261. The van der Waals surface area contributed by atoms with Gasteiger partial charge < -0.3 is 14.2 Å². The van der Waals surface area contributed by atoms with E-state index in [4.69, 9.17) is 14.2 Å². The summed E-state index contributed by atoms with van der Waals surface area (Å²) in [4.78, 5) is 37.8. The Bertz CT molecular complexity index is 1090. The highest BCUT2D eigenvalue weighted by atomic mass is 79.9. The van der Waals surface area contributed by atoms with Gasteiger partial charge in [-0.3, -0.25) is 19.3 Å². The van der Waals surface area contributed by atoms with Crippen LogP contribution in [0.2, 0.25) is 0 Å². The molecule has 0 unspecified atom stereocenters. The van der Waals surface area contributed by atoms with Crippen molar-refractivity contribution in [3.05, 3.63) is 61.4 Å². The molecule has 0 spiro atoms. The van der Waals surface area contributed by atoms with Crippen LogP contribution < -0.4 is 9.47 Å². The molecule has 0 atom stereocenters.